The first-order valence-electron chi connectivity index (χ1n) is 15.0. The lowest BCUT2D eigenvalue weighted by atomic mass is 9.94. The minimum Gasteiger partial charge on any atom is -0.464 e. The predicted molar refractivity (Wildman–Crippen MR) is 177 cm³/mol. The van der Waals surface area contributed by atoms with Crippen LogP contribution in [-0.2, 0) is 37.2 Å². The number of amides is 1. The highest BCUT2D eigenvalue weighted by Crippen LogP contribution is 2.38. The quantitative estimate of drug-likeness (QED) is 0.117. The molecule has 10 nitrogen and oxygen atoms in total. The summed E-state index contributed by atoms with van der Waals surface area (Å²) in [4.78, 5) is 37.2. The fourth-order valence-corrected chi connectivity index (χ4v) is 7.67. The van der Waals surface area contributed by atoms with E-state index < -0.39 is 34.0 Å². The fourth-order valence-electron chi connectivity index (χ4n) is 6.23. The summed E-state index contributed by atoms with van der Waals surface area (Å²) in [6.07, 6.45) is 4.91. The van der Waals surface area contributed by atoms with Crippen LogP contribution in [0, 0.1) is 0 Å². The highest BCUT2D eigenvalue weighted by molar-refractivity contribution is 7.89. The zero-order valence-corrected chi connectivity index (χ0v) is 25.7. The van der Waals surface area contributed by atoms with Crippen LogP contribution in [0.2, 0.25) is 0 Å². The molecule has 0 saturated heterocycles. The van der Waals surface area contributed by atoms with Crippen molar-refractivity contribution in [1.29, 1.82) is 0 Å². The van der Waals surface area contributed by atoms with Crippen LogP contribution in [0.4, 0.5) is 0 Å². The fraction of sp³-hybridized carbons (Fsp3) is 0.171. The number of para-hydroxylation sites is 1. The Balaban J connectivity index is 1.29. The zero-order valence-electron chi connectivity index (χ0n) is 24.9. The third kappa shape index (κ3) is 5.44. The Morgan fingerprint density at radius 2 is 1.59 bits per heavy atom. The molecular formula is C35H31N5O5S. The Morgan fingerprint density at radius 1 is 0.848 bits per heavy atom. The van der Waals surface area contributed by atoms with Gasteiger partial charge in [0.1, 0.15) is 12.1 Å². The summed E-state index contributed by atoms with van der Waals surface area (Å²) in [6, 6.07) is 22.3. The highest BCUT2D eigenvalue weighted by Gasteiger charge is 2.32. The number of nitrogens with one attached hydrogen (secondary N) is 4. The third-order valence-corrected chi connectivity index (χ3v) is 9.85. The maximum Gasteiger partial charge on any atom is 0.329 e. The summed E-state index contributed by atoms with van der Waals surface area (Å²) < 4.78 is 36.7. The SMILES string of the molecule is CCOC(=O)[C@H](Cc1cnc[nH]1)NC(=O)[C@H](Cc1c[nH]c2ccccc12)NS(=O)(=O)c1cc2cccc3ccc4cccc1c4c32. The van der Waals surface area contributed by atoms with Gasteiger partial charge in [0.05, 0.1) is 17.8 Å². The first-order valence-corrected chi connectivity index (χ1v) is 16.5. The number of carbonyl (C=O) groups excluding carboxylic acids is 2. The number of nitrogens with zero attached hydrogens (tertiary/aromatic N) is 1. The van der Waals surface area contributed by atoms with Gasteiger partial charge in [-0.2, -0.15) is 4.72 Å². The van der Waals surface area contributed by atoms with Crippen molar-refractivity contribution in [3.63, 3.8) is 0 Å². The van der Waals surface area contributed by atoms with Gasteiger partial charge >= 0.3 is 5.97 Å². The first-order chi connectivity index (χ1) is 22.3. The first kappa shape index (κ1) is 29.5. The van der Waals surface area contributed by atoms with Gasteiger partial charge in [-0.1, -0.05) is 66.7 Å². The number of sulfonamides is 1. The van der Waals surface area contributed by atoms with Crippen LogP contribution >= 0.6 is 0 Å². The molecule has 0 unspecified atom stereocenters. The number of rotatable bonds is 11. The van der Waals surface area contributed by atoms with E-state index in [0.717, 1.165) is 43.4 Å². The molecule has 0 aliphatic heterocycles. The summed E-state index contributed by atoms with van der Waals surface area (Å²) in [5, 5.41) is 8.72. The summed E-state index contributed by atoms with van der Waals surface area (Å²) in [5.74, 6) is -1.30. The number of aromatic amines is 2. The summed E-state index contributed by atoms with van der Waals surface area (Å²) in [7, 11) is -4.28. The molecule has 0 spiro atoms. The van der Waals surface area contributed by atoms with Crippen molar-refractivity contribution in [2.45, 2.75) is 36.7 Å². The zero-order chi connectivity index (χ0) is 31.8. The number of H-pyrrole nitrogens is 2. The van der Waals surface area contributed by atoms with Gasteiger partial charge in [0.15, 0.2) is 0 Å². The Morgan fingerprint density at radius 3 is 2.37 bits per heavy atom. The van der Waals surface area contributed by atoms with Crippen LogP contribution < -0.4 is 10.0 Å². The molecule has 0 fully saturated rings. The number of benzene rings is 5. The van der Waals surface area contributed by atoms with Crippen molar-refractivity contribution in [1.82, 2.24) is 25.0 Å². The van der Waals surface area contributed by atoms with Crippen molar-refractivity contribution >= 4 is 65.1 Å². The number of fused-ring (bicyclic) bond motifs is 1. The number of imidazole rings is 1. The smallest absolute Gasteiger partial charge is 0.329 e. The van der Waals surface area contributed by atoms with Gasteiger partial charge in [-0.15, -0.1) is 0 Å². The van der Waals surface area contributed by atoms with E-state index in [1.807, 2.05) is 66.7 Å². The number of aromatic nitrogens is 3. The summed E-state index contributed by atoms with van der Waals surface area (Å²) in [5.41, 5.74) is 2.21. The highest BCUT2D eigenvalue weighted by atomic mass is 32.2. The topological polar surface area (TPSA) is 146 Å². The molecule has 2 atom stereocenters. The second-order valence-electron chi connectivity index (χ2n) is 11.3. The van der Waals surface area contributed by atoms with Crippen LogP contribution in [0.3, 0.4) is 0 Å². The molecule has 0 aliphatic rings. The number of ether oxygens (including phenoxy) is 1. The van der Waals surface area contributed by atoms with Crippen molar-refractivity contribution in [3.8, 4) is 0 Å². The molecule has 1 amide bonds. The third-order valence-electron chi connectivity index (χ3n) is 8.34. The van der Waals surface area contributed by atoms with Crippen LogP contribution in [-0.4, -0.2) is 53.9 Å². The largest absolute Gasteiger partial charge is 0.464 e. The Kier molecular flexibility index (Phi) is 7.63. The molecule has 11 heteroatoms. The maximum absolute atomic E-state index is 14.4. The Hall–Kier alpha value is -5.26. The molecule has 0 saturated carbocycles. The molecule has 7 aromatic rings. The Bertz CT molecular complexity index is 2310. The molecule has 7 rings (SSSR count). The lowest BCUT2D eigenvalue weighted by molar-refractivity contribution is -0.147. The van der Waals surface area contributed by atoms with E-state index in [1.165, 1.54) is 6.33 Å². The standard InChI is InChI=1S/C35H31N5O5S/c1-2-45-35(42)30(17-25-19-36-20-38-25)39-34(41)29(15-24-18-37-28-12-4-3-10-26(24)28)40-46(43,44)31-16-23-9-5-7-21-13-14-22-8-6-11-27(31)33(22)32(21)23/h3-14,16,18-20,29-30,37,40H,2,15,17H2,1H3,(H,36,38)(H,39,41)/t29-,30-/m0/s1. The number of carbonyl (C=O) groups is 2. The van der Waals surface area contributed by atoms with Gasteiger partial charge in [-0.25, -0.2) is 18.2 Å². The van der Waals surface area contributed by atoms with Gasteiger partial charge in [-0.05, 0) is 58.0 Å². The molecule has 46 heavy (non-hydrogen) atoms. The van der Waals surface area contributed by atoms with Gasteiger partial charge in [-0.3, -0.25) is 4.79 Å². The monoisotopic (exact) mass is 633 g/mol. The Labute approximate surface area is 264 Å². The average Bonchev–Trinajstić information content (AvgIpc) is 3.73. The van der Waals surface area contributed by atoms with E-state index >= 15 is 0 Å². The lowest BCUT2D eigenvalue weighted by Crippen LogP contribution is -2.53. The van der Waals surface area contributed by atoms with E-state index in [2.05, 4.69) is 25.0 Å². The van der Waals surface area contributed by atoms with E-state index in [4.69, 9.17) is 4.74 Å². The molecule has 0 bridgehead atoms. The van der Waals surface area contributed by atoms with Crippen LogP contribution in [0.5, 0.6) is 0 Å². The van der Waals surface area contributed by atoms with Gasteiger partial charge in [0, 0.05) is 40.8 Å². The second kappa shape index (κ2) is 11.9. The van der Waals surface area contributed by atoms with Crippen molar-refractivity contribution in [2.24, 2.45) is 0 Å². The van der Waals surface area contributed by atoms with E-state index in [0.29, 0.717) is 11.1 Å². The van der Waals surface area contributed by atoms with E-state index in [9.17, 15) is 18.0 Å². The second-order valence-corrected chi connectivity index (χ2v) is 12.9. The molecule has 4 N–H and O–H groups in total. The van der Waals surface area contributed by atoms with E-state index in [1.54, 1.807) is 31.5 Å². The lowest BCUT2D eigenvalue weighted by Gasteiger charge is -2.23. The van der Waals surface area contributed by atoms with Crippen molar-refractivity contribution in [3.05, 3.63) is 109 Å². The predicted octanol–water partition coefficient (Wildman–Crippen LogP) is 4.97. The average molecular weight is 634 g/mol. The number of hydrogen-bond acceptors (Lipinski definition) is 6. The van der Waals surface area contributed by atoms with Crippen LogP contribution in [0.1, 0.15) is 18.2 Å². The maximum atomic E-state index is 14.4. The van der Waals surface area contributed by atoms with Gasteiger partial charge < -0.3 is 20.0 Å². The molecule has 0 radical (unpaired) electrons. The van der Waals surface area contributed by atoms with Gasteiger partial charge in [0.25, 0.3) is 0 Å². The minimum atomic E-state index is -4.28. The number of esters is 1. The molecule has 0 aliphatic carbocycles. The van der Waals surface area contributed by atoms with E-state index in [-0.39, 0.29) is 24.3 Å². The summed E-state index contributed by atoms with van der Waals surface area (Å²) in [6.45, 7) is 1.80. The normalized spacial score (nSPS) is 13.4. The van der Waals surface area contributed by atoms with Crippen molar-refractivity contribution in [2.75, 3.05) is 6.61 Å². The molecule has 2 aromatic heterocycles. The minimum absolute atomic E-state index is 0.0261. The number of hydrogen-bond donors (Lipinski definition) is 4. The molecule has 2 heterocycles. The van der Waals surface area contributed by atoms with Crippen LogP contribution in [0.15, 0.2) is 102 Å². The molecular weight excluding hydrogens is 602 g/mol. The van der Waals surface area contributed by atoms with Crippen molar-refractivity contribution < 1.29 is 22.7 Å². The molecule has 5 aromatic carbocycles. The van der Waals surface area contributed by atoms with Crippen LogP contribution in [0.25, 0.3) is 43.2 Å². The summed E-state index contributed by atoms with van der Waals surface area (Å²) >= 11 is 0. The molecule has 232 valence electrons. The van der Waals surface area contributed by atoms with Gasteiger partial charge in [0.2, 0.25) is 15.9 Å².